The summed E-state index contributed by atoms with van der Waals surface area (Å²) in [5.74, 6) is 1.23. The lowest BCUT2D eigenvalue weighted by Crippen LogP contribution is -2.19. The molecule has 0 bridgehead atoms. The Hall–Kier alpha value is 0.400. The van der Waals surface area contributed by atoms with Crippen LogP contribution >= 0.6 is 11.6 Å². The van der Waals surface area contributed by atoms with Crippen LogP contribution < -0.4 is 0 Å². The molecule has 0 amide bonds. The third-order valence-corrected chi connectivity index (χ3v) is 5.14. The third-order valence-electron chi connectivity index (χ3n) is 3.28. The van der Waals surface area contributed by atoms with E-state index >= 15 is 0 Å². The van der Waals surface area contributed by atoms with Gasteiger partial charge in [0.2, 0.25) is 0 Å². The summed E-state index contributed by atoms with van der Waals surface area (Å²) in [6.07, 6.45) is 12.3. The highest BCUT2D eigenvalue weighted by Crippen LogP contribution is 2.10. The first-order chi connectivity index (χ1) is 9.20. The molecule has 0 aliphatic rings. The molecule has 19 heavy (non-hydrogen) atoms. The van der Waals surface area contributed by atoms with Crippen molar-refractivity contribution in [2.24, 2.45) is 0 Å². The van der Waals surface area contributed by atoms with E-state index in [1.807, 2.05) is 0 Å². The van der Waals surface area contributed by atoms with Crippen LogP contribution in [0.5, 0.6) is 0 Å². The number of aliphatic hydroxyl groups is 1. The van der Waals surface area contributed by atoms with E-state index in [0.29, 0.717) is 11.5 Å². The quantitative estimate of drug-likeness (QED) is 0.384. The smallest absolute Gasteiger partial charge is 0.0790 e. The Balaban J connectivity index is 3.16. The predicted octanol–water partition coefficient (Wildman–Crippen LogP) is 4.26. The zero-order valence-electron chi connectivity index (χ0n) is 12.4. The van der Waals surface area contributed by atoms with Crippen LogP contribution in [0.3, 0.4) is 0 Å². The average molecular weight is 311 g/mol. The van der Waals surface area contributed by atoms with Crippen molar-refractivity contribution < 1.29 is 9.32 Å². The van der Waals surface area contributed by atoms with Crippen molar-refractivity contribution >= 4 is 22.4 Å². The van der Waals surface area contributed by atoms with Gasteiger partial charge < -0.3 is 5.11 Å². The molecule has 116 valence electrons. The number of hydrogen-bond donors (Lipinski definition) is 1. The molecular formula is C15H31ClO2S. The van der Waals surface area contributed by atoms with Crippen LogP contribution in [0.2, 0.25) is 0 Å². The van der Waals surface area contributed by atoms with Gasteiger partial charge in [-0.1, -0.05) is 64.7 Å². The topological polar surface area (TPSA) is 37.3 Å². The van der Waals surface area contributed by atoms with Crippen LogP contribution in [0.15, 0.2) is 0 Å². The highest BCUT2D eigenvalue weighted by atomic mass is 35.5. The lowest BCUT2D eigenvalue weighted by molar-refractivity contribution is 0.222. The molecule has 0 aliphatic carbocycles. The summed E-state index contributed by atoms with van der Waals surface area (Å²) in [6, 6.07) is 0. The molecule has 0 saturated carbocycles. The fourth-order valence-electron chi connectivity index (χ4n) is 2.09. The van der Waals surface area contributed by atoms with Gasteiger partial charge in [-0.25, -0.2) is 0 Å². The largest absolute Gasteiger partial charge is 0.391 e. The Morgan fingerprint density at radius 1 is 0.947 bits per heavy atom. The summed E-state index contributed by atoms with van der Waals surface area (Å²) in [5.41, 5.74) is 0. The number of rotatable bonds is 14. The van der Waals surface area contributed by atoms with Gasteiger partial charge in [0, 0.05) is 22.4 Å². The average Bonchev–Trinajstić information content (AvgIpc) is 2.40. The van der Waals surface area contributed by atoms with Crippen molar-refractivity contribution in [2.45, 2.75) is 77.2 Å². The lowest BCUT2D eigenvalue weighted by atomic mass is 10.1. The van der Waals surface area contributed by atoms with Crippen molar-refractivity contribution in [1.29, 1.82) is 0 Å². The minimum atomic E-state index is -0.897. The third kappa shape index (κ3) is 14.6. The number of hydrogen-bond acceptors (Lipinski definition) is 2. The van der Waals surface area contributed by atoms with E-state index < -0.39 is 16.9 Å². The van der Waals surface area contributed by atoms with Crippen LogP contribution in [0.1, 0.15) is 71.1 Å². The first-order valence-corrected chi connectivity index (χ1v) is 9.82. The standard InChI is InChI=1S/C15H31ClO2S/c1-2-3-4-5-6-7-8-9-10-11-12-19(18)14-15(17)13-16/h15,17H,2-14H2,1H3/t15-,19-/m1/s1. The van der Waals surface area contributed by atoms with E-state index in [-0.39, 0.29) is 5.88 Å². The number of unbranched alkanes of at least 4 members (excludes halogenated alkanes) is 9. The minimum Gasteiger partial charge on any atom is -0.391 e. The second kappa shape index (κ2) is 14.8. The second-order valence-electron chi connectivity index (χ2n) is 5.30. The summed E-state index contributed by atoms with van der Waals surface area (Å²) in [6.45, 7) is 2.25. The van der Waals surface area contributed by atoms with Gasteiger partial charge in [-0.15, -0.1) is 11.6 Å². The van der Waals surface area contributed by atoms with Gasteiger partial charge in [-0.2, -0.15) is 0 Å². The van der Waals surface area contributed by atoms with Crippen LogP contribution in [-0.2, 0) is 10.8 Å². The molecule has 0 saturated heterocycles. The molecule has 0 fully saturated rings. The molecule has 0 radical (unpaired) electrons. The molecule has 0 rings (SSSR count). The van der Waals surface area contributed by atoms with Gasteiger partial charge in [0.1, 0.15) is 0 Å². The molecule has 4 heteroatoms. The molecule has 2 nitrogen and oxygen atoms in total. The van der Waals surface area contributed by atoms with Crippen LogP contribution in [0.4, 0.5) is 0 Å². The maximum absolute atomic E-state index is 11.5. The van der Waals surface area contributed by atoms with Gasteiger partial charge in [-0.3, -0.25) is 4.21 Å². The molecular weight excluding hydrogens is 280 g/mol. The molecule has 0 aliphatic heterocycles. The van der Waals surface area contributed by atoms with Crippen molar-refractivity contribution in [1.82, 2.24) is 0 Å². The molecule has 0 unspecified atom stereocenters. The fraction of sp³-hybridized carbons (Fsp3) is 1.00. The zero-order chi connectivity index (χ0) is 14.3. The Morgan fingerprint density at radius 2 is 1.42 bits per heavy atom. The van der Waals surface area contributed by atoms with Gasteiger partial charge in [-0.05, 0) is 6.42 Å². The van der Waals surface area contributed by atoms with Gasteiger partial charge in [0.25, 0.3) is 0 Å². The maximum atomic E-state index is 11.5. The van der Waals surface area contributed by atoms with Gasteiger partial charge in [0.05, 0.1) is 11.9 Å². The second-order valence-corrected chi connectivity index (χ2v) is 7.23. The normalized spacial score (nSPS) is 14.5. The minimum absolute atomic E-state index is 0.184. The Morgan fingerprint density at radius 3 is 1.89 bits per heavy atom. The number of alkyl halides is 1. The van der Waals surface area contributed by atoms with Crippen molar-refractivity contribution in [3.8, 4) is 0 Å². The summed E-state index contributed by atoms with van der Waals surface area (Å²) in [4.78, 5) is 0. The number of aliphatic hydroxyl groups excluding tert-OH is 1. The fourth-order valence-corrected chi connectivity index (χ4v) is 3.57. The molecule has 0 aromatic heterocycles. The Bertz CT molecular complexity index is 212. The van der Waals surface area contributed by atoms with E-state index in [0.717, 1.165) is 12.8 Å². The molecule has 0 aromatic rings. The molecule has 0 aromatic carbocycles. The first kappa shape index (κ1) is 19.4. The predicted molar refractivity (Wildman–Crippen MR) is 86.4 cm³/mol. The van der Waals surface area contributed by atoms with E-state index in [9.17, 15) is 9.32 Å². The van der Waals surface area contributed by atoms with Crippen molar-refractivity contribution in [2.75, 3.05) is 17.4 Å². The Labute approximate surface area is 126 Å². The van der Waals surface area contributed by atoms with Crippen LogP contribution in [0, 0.1) is 0 Å². The highest BCUT2D eigenvalue weighted by molar-refractivity contribution is 7.85. The Kier molecular flexibility index (Phi) is 15.1. The van der Waals surface area contributed by atoms with E-state index in [4.69, 9.17) is 11.6 Å². The van der Waals surface area contributed by atoms with E-state index in [1.54, 1.807) is 0 Å². The summed E-state index contributed by atoms with van der Waals surface area (Å²) < 4.78 is 11.5. The molecule has 0 heterocycles. The van der Waals surface area contributed by atoms with Gasteiger partial charge in [0.15, 0.2) is 0 Å². The number of halogens is 1. The summed E-state index contributed by atoms with van der Waals surface area (Å²) in [7, 11) is -0.897. The summed E-state index contributed by atoms with van der Waals surface area (Å²) >= 11 is 5.48. The van der Waals surface area contributed by atoms with Crippen molar-refractivity contribution in [3.05, 3.63) is 0 Å². The monoisotopic (exact) mass is 310 g/mol. The molecule has 0 spiro atoms. The van der Waals surface area contributed by atoms with Crippen LogP contribution in [0.25, 0.3) is 0 Å². The van der Waals surface area contributed by atoms with E-state index in [2.05, 4.69) is 6.92 Å². The van der Waals surface area contributed by atoms with Crippen LogP contribution in [-0.4, -0.2) is 32.8 Å². The molecule has 2 atom stereocenters. The lowest BCUT2D eigenvalue weighted by Gasteiger charge is -2.06. The van der Waals surface area contributed by atoms with E-state index in [1.165, 1.54) is 51.4 Å². The summed E-state index contributed by atoms with van der Waals surface area (Å²) in [5, 5.41) is 9.26. The first-order valence-electron chi connectivity index (χ1n) is 7.79. The van der Waals surface area contributed by atoms with Crippen molar-refractivity contribution in [3.63, 3.8) is 0 Å². The van der Waals surface area contributed by atoms with Gasteiger partial charge >= 0.3 is 0 Å². The molecule has 1 N–H and O–H groups in total. The highest BCUT2D eigenvalue weighted by Gasteiger charge is 2.07. The SMILES string of the molecule is CCCCCCCCCCCC[S@@](=O)C[C@H](O)CCl. The maximum Gasteiger partial charge on any atom is 0.0790 e. The zero-order valence-corrected chi connectivity index (χ0v) is 14.0.